The number of aliphatic hydroxyl groups excluding tert-OH is 2. The van der Waals surface area contributed by atoms with Crippen LogP contribution in [0.1, 0.15) is 50.7 Å². The van der Waals surface area contributed by atoms with Gasteiger partial charge in [0, 0.05) is 33.9 Å². The molecule has 1 heterocycles. The lowest BCUT2D eigenvalue weighted by molar-refractivity contribution is 0.0343. The number of halogens is 1. The molecule has 2 aliphatic carbocycles. The third-order valence-electron chi connectivity index (χ3n) is 6.82. The number of rotatable bonds is 5. The number of benzene rings is 2. The zero-order chi connectivity index (χ0) is 22.1. The van der Waals surface area contributed by atoms with E-state index in [0.29, 0.717) is 0 Å². The predicted octanol–water partition coefficient (Wildman–Crippen LogP) is 3.95. The van der Waals surface area contributed by atoms with Gasteiger partial charge in [0.25, 0.3) is 0 Å². The monoisotopic (exact) mass is 486 g/mol. The van der Waals surface area contributed by atoms with Gasteiger partial charge < -0.3 is 19.5 Å². The average Bonchev–Trinajstić information content (AvgIpc) is 3.70. The molecule has 6 heteroatoms. The van der Waals surface area contributed by atoms with Crippen molar-refractivity contribution < 1.29 is 19.5 Å². The van der Waals surface area contributed by atoms with Gasteiger partial charge in [-0.1, -0.05) is 66.2 Å². The highest BCUT2D eigenvalue weighted by molar-refractivity contribution is 9.10. The molecular weight excluding hydrogens is 455 g/mol. The van der Waals surface area contributed by atoms with E-state index in [0.717, 1.165) is 48.8 Å². The standard InChI is InChI=1S/C15H21BO3.C10H11BrO/c1-14(2)10-18-16(19-11-14)13-5-3-12(4-6-13)15(9-17)7-8-15;11-9-3-1-8(2-4-9)10(7-12)5-6-10/h3-6,17H,7-11H2,1-2H3;1-4,12H,5-7H2. The Labute approximate surface area is 194 Å². The van der Waals surface area contributed by atoms with Crippen molar-refractivity contribution in [2.24, 2.45) is 5.41 Å². The molecule has 0 atom stereocenters. The topological polar surface area (TPSA) is 58.9 Å². The summed E-state index contributed by atoms with van der Waals surface area (Å²) in [5, 5.41) is 18.6. The van der Waals surface area contributed by atoms with Gasteiger partial charge in [-0.05, 0) is 54.4 Å². The Morgan fingerprint density at radius 2 is 1.19 bits per heavy atom. The minimum atomic E-state index is -0.244. The van der Waals surface area contributed by atoms with Gasteiger partial charge in [0.1, 0.15) is 0 Å². The maximum atomic E-state index is 9.44. The van der Waals surface area contributed by atoms with E-state index in [9.17, 15) is 5.11 Å². The molecule has 4 nitrogen and oxygen atoms in total. The van der Waals surface area contributed by atoms with Crippen molar-refractivity contribution in [2.75, 3.05) is 26.4 Å². The number of hydrogen-bond donors (Lipinski definition) is 2. The maximum absolute atomic E-state index is 9.44. The van der Waals surface area contributed by atoms with Gasteiger partial charge in [-0.3, -0.25) is 0 Å². The van der Waals surface area contributed by atoms with Crippen LogP contribution < -0.4 is 5.46 Å². The highest BCUT2D eigenvalue weighted by Gasteiger charge is 2.44. The van der Waals surface area contributed by atoms with E-state index in [1.165, 1.54) is 11.1 Å². The molecule has 0 radical (unpaired) electrons. The summed E-state index contributed by atoms with van der Waals surface area (Å²) in [6, 6.07) is 16.6. The lowest BCUT2D eigenvalue weighted by atomic mass is 9.75. The van der Waals surface area contributed by atoms with Crippen LogP contribution in [0.5, 0.6) is 0 Å². The fourth-order valence-electron chi connectivity index (χ4n) is 4.06. The highest BCUT2D eigenvalue weighted by atomic mass is 79.9. The van der Waals surface area contributed by atoms with Crippen molar-refractivity contribution in [1.82, 2.24) is 0 Å². The van der Waals surface area contributed by atoms with Crippen LogP contribution in [0.4, 0.5) is 0 Å². The second kappa shape index (κ2) is 8.99. The number of aliphatic hydroxyl groups is 2. The average molecular weight is 487 g/mol. The van der Waals surface area contributed by atoms with E-state index in [-0.39, 0.29) is 36.6 Å². The molecule has 0 unspecified atom stereocenters. The summed E-state index contributed by atoms with van der Waals surface area (Å²) < 4.78 is 12.6. The third-order valence-corrected chi connectivity index (χ3v) is 7.34. The summed E-state index contributed by atoms with van der Waals surface area (Å²) in [4.78, 5) is 0. The van der Waals surface area contributed by atoms with Crippen molar-refractivity contribution in [3.05, 3.63) is 64.1 Å². The van der Waals surface area contributed by atoms with Crippen molar-refractivity contribution in [3.63, 3.8) is 0 Å². The van der Waals surface area contributed by atoms with E-state index in [1.54, 1.807) is 0 Å². The second-order valence-electron chi connectivity index (χ2n) is 10.1. The largest absolute Gasteiger partial charge is 0.493 e. The fourth-order valence-corrected chi connectivity index (χ4v) is 4.32. The molecule has 2 aromatic carbocycles. The number of hydrogen-bond acceptors (Lipinski definition) is 4. The molecule has 0 spiro atoms. The zero-order valence-corrected chi connectivity index (χ0v) is 20.0. The van der Waals surface area contributed by atoms with Crippen LogP contribution in [0.3, 0.4) is 0 Å². The minimum absolute atomic E-state index is 0.0365. The molecule has 1 saturated heterocycles. The van der Waals surface area contributed by atoms with E-state index in [4.69, 9.17) is 14.4 Å². The van der Waals surface area contributed by atoms with E-state index in [1.807, 2.05) is 12.1 Å². The summed E-state index contributed by atoms with van der Waals surface area (Å²) in [5.74, 6) is 0. The van der Waals surface area contributed by atoms with Crippen molar-refractivity contribution in [3.8, 4) is 0 Å². The van der Waals surface area contributed by atoms with E-state index in [2.05, 4.69) is 66.2 Å². The second-order valence-corrected chi connectivity index (χ2v) is 11.0. The first-order valence-electron chi connectivity index (χ1n) is 11.1. The molecule has 2 N–H and O–H groups in total. The summed E-state index contributed by atoms with van der Waals surface area (Å²) in [5.41, 5.74) is 3.82. The van der Waals surface area contributed by atoms with Gasteiger partial charge in [0.05, 0.1) is 13.2 Å². The Kier molecular flexibility index (Phi) is 6.67. The van der Waals surface area contributed by atoms with Crippen LogP contribution in [-0.4, -0.2) is 43.8 Å². The Hall–Kier alpha value is -1.18. The van der Waals surface area contributed by atoms with Crippen LogP contribution >= 0.6 is 15.9 Å². The molecular formula is C25H32BBrO4. The lowest BCUT2D eigenvalue weighted by Gasteiger charge is -2.33. The Morgan fingerprint density at radius 3 is 1.58 bits per heavy atom. The van der Waals surface area contributed by atoms with E-state index >= 15 is 0 Å². The Balaban J connectivity index is 0.000000166. The van der Waals surface area contributed by atoms with Crippen LogP contribution in [0, 0.1) is 5.41 Å². The molecule has 166 valence electrons. The third kappa shape index (κ3) is 5.26. The molecule has 5 rings (SSSR count). The SMILES string of the molecule is CC1(C)COB(c2ccc(C3(CO)CC3)cc2)OC1.OCC1(c2ccc(Br)cc2)CC1. The van der Waals surface area contributed by atoms with Crippen LogP contribution in [0.15, 0.2) is 53.0 Å². The van der Waals surface area contributed by atoms with Gasteiger partial charge in [-0.15, -0.1) is 0 Å². The molecule has 1 aliphatic heterocycles. The van der Waals surface area contributed by atoms with Gasteiger partial charge in [0.15, 0.2) is 0 Å². The first-order chi connectivity index (χ1) is 14.8. The van der Waals surface area contributed by atoms with Crippen LogP contribution in [-0.2, 0) is 20.1 Å². The fraction of sp³-hybridized carbons (Fsp3) is 0.520. The molecule has 3 fully saturated rings. The first kappa shape index (κ1) is 23.0. The molecule has 0 bridgehead atoms. The summed E-state index contributed by atoms with van der Waals surface area (Å²) in [6.07, 6.45) is 4.44. The van der Waals surface area contributed by atoms with Gasteiger partial charge in [0.2, 0.25) is 0 Å². The highest BCUT2D eigenvalue weighted by Crippen LogP contribution is 2.48. The summed E-state index contributed by atoms with van der Waals surface area (Å²) >= 11 is 3.39. The van der Waals surface area contributed by atoms with Gasteiger partial charge in [-0.2, -0.15) is 0 Å². The molecule has 2 aromatic rings. The molecule has 31 heavy (non-hydrogen) atoms. The van der Waals surface area contributed by atoms with E-state index < -0.39 is 0 Å². The lowest BCUT2D eigenvalue weighted by Crippen LogP contribution is -2.47. The van der Waals surface area contributed by atoms with Crippen LogP contribution in [0.25, 0.3) is 0 Å². The summed E-state index contributed by atoms with van der Waals surface area (Å²) in [6.45, 7) is 6.26. The van der Waals surface area contributed by atoms with Gasteiger partial charge in [-0.25, -0.2) is 0 Å². The predicted molar refractivity (Wildman–Crippen MR) is 128 cm³/mol. The smallest absolute Gasteiger partial charge is 0.407 e. The molecule has 0 aromatic heterocycles. The van der Waals surface area contributed by atoms with Gasteiger partial charge >= 0.3 is 7.12 Å². The Morgan fingerprint density at radius 1 is 0.774 bits per heavy atom. The van der Waals surface area contributed by atoms with Crippen LogP contribution in [0.2, 0.25) is 0 Å². The van der Waals surface area contributed by atoms with Crippen molar-refractivity contribution in [1.29, 1.82) is 0 Å². The first-order valence-corrected chi connectivity index (χ1v) is 11.9. The molecule has 3 aliphatic rings. The molecule has 2 saturated carbocycles. The Bertz CT molecular complexity index is 863. The maximum Gasteiger partial charge on any atom is 0.493 e. The zero-order valence-electron chi connectivity index (χ0n) is 18.4. The molecule has 0 amide bonds. The minimum Gasteiger partial charge on any atom is -0.407 e. The normalized spacial score (nSPS) is 22.3. The van der Waals surface area contributed by atoms with Crippen molar-refractivity contribution in [2.45, 2.75) is 50.4 Å². The quantitative estimate of drug-likeness (QED) is 0.628. The summed E-state index contributed by atoms with van der Waals surface area (Å²) in [7, 11) is -0.244. The van der Waals surface area contributed by atoms with Crippen molar-refractivity contribution >= 4 is 28.5 Å².